The van der Waals surface area contributed by atoms with Gasteiger partial charge in [-0.25, -0.2) is 4.79 Å². The second kappa shape index (κ2) is 7.08. The molecular formula is C18H25NO2. The molecule has 1 heterocycles. The van der Waals surface area contributed by atoms with E-state index in [2.05, 4.69) is 4.90 Å². The molecule has 0 unspecified atom stereocenters. The molecule has 0 atom stereocenters. The minimum Gasteiger partial charge on any atom is -0.459 e. The third-order valence-electron chi connectivity index (χ3n) is 4.83. The van der Waals surface area contributed by atoms with Crippen LogP contribution in [0.25, 0.3) is 0 Å². The molecule has 1 saturated heterocycles. The first-order valence-electron chi connectivity index (χ1n) is 8.33. The summed E-state index contributed by atoms with van der Waals surface area (Å²) >= 11 is 0. The molecule has 1 aliphatic carbocycles. The molecule has 0 amide bonds. The average Bonchev–Trinajstić information content (AvgIpc) is 2.57. The lowest BCUT2D eigenvalue weighted by Crippen LogP contribution is -2.42. The molecule has 1 aromatic carbocycles. The molecule has 3 rings (SSSR count). The summed E-state index contributed by atoms with van der Waals surface area (Å²) in [4.78, 5) is 14.7. The number of hydrogen-bond acceptors (Lipinski definition) is 3. The van der Waals surface area contributed by atoms with Crippen LogP contribution in [0.3, 0.4) is 0 Å². The van der Waals surface area contributed by atoms with Crippen molar-refractivity contribution in [2.75, 3.05) is 13.1 Å². The Hall–Kier alpha value is -1.35. The fourth-order valence-corrected chi connectivity index (χ4v) is 3.61. The number of piperidine rings is 1. The van der Waals surface area contributed by atoms with E-state index in [0.717, 1.165) is 18.9 Å². The predicted molar refractivity (Wildman–Crippen MR) is 83.3 cm³/mol. The maximum Gasteiger partial charge on any atom is 0.338 e. The van der Waals surface area contributed by atoms with E-state index < -0.39 is 0 Å². The van der Waals surface area contributed by atoms with Crippen molar-refractivity contribution in [3.05, 3.63) is 35.9 Å². The maximum absolute atomic E-state index is 12.1. The van der Waals surface area contributed by atoms with Crippen molar-refractivity contribution >= 4 is 5.97 Å². The molecule has 0 radical (unpaired) electrons. The quantitative estimate of drug-likeness (QED) is 0.795. The van der Waals surface area contributed by atoms with Crippen LogP contribution in [0.4, 0.5) is 0 Å². The van der Waals surface area contributed by atoms with E-state index >= 15 is 0 Å². The van der Waals surface area contributed by atoms with Crippen molar-refractivity contribution in [2.24, 2.45) is 0 Å². The normalized spacial score (nSPS) is 27.2. The summed E-state index contributed by atoms with van der Waals surface area (Å²) in [6.07, 6.45) is 8.57. The van der Waals surface area contributed by atoms with E-state index in [1.54, 1.807) is 0 Å². The molecule has 1 saturated carbocycles. The van der Waals surface area contributed by atoms with Gasteiger partial charge in [-0.2, -0.15) is 0 Å². The summed E-state index contributed by atoms with van der Waals surface area (Å²) in [7, 11) is 0. The number of esters is 1. The Morgan fingerprint density at radius 2 is 1.62 bits per heavy atom. The molecule has 1 aliphatic heterocycles. The zero-order valence-electron chi connectivity index (χ0n) is 12.7. The zero-order valence-corrected chi connectivity index (χ0v) is 12.7. The van der Waals surface area contributed by atoms with Crippen LogP contribution in [0, 0.1) is 0 Å². The van der Waals surface area contributed by atoms with Crippen LogP contribution in [0.15, 0.2) is 30.3 Å². The monoisotopic (exact) mass is 287 g/mol. The van der Waals surface area contributed by atoms with Gasteiger partial charge in [-0.05, 0) is 63.7 Å². The molecule has 0 spiro atoms. The van der Waals surface area contributed by atoms with Crippen molar-refractivity contribution in [1.82, 2.24) is 4.90 Å². The highest BCUT2D eigenvalue weighted by atomic mass is 16.5. The molecule has 114 valence electrons. The first kappa shape index (κ1) is 14.6. The molecule has 1 aromatic rings. The highest BCUT2D eigenvalue weighted by Gasteiger charge is 2.28. The third-order valence-corrected chi connectivity index (χ3v) is 4.83. The number of benzene rings is 1. The highest BCUT2D eigenvalue weighted by molar-refractivity contribution is 5.89. The minimum absolute atomic E-state index is 0.110. The highest BCUT2D eigenvalue weighted by Crippen LogP contribution is 2.27. The first-order valence-corrected chi connectivity index (χ1v) is 8.33. The van der Waals surface area contributed by atoms with Crippen molar-refractivity contribution in [2.45, 2.75) is 57.1 Å². The Kier molecular flexibility index (Phi) is 4.91. The first-order chi connectivity index (χ1) is 10.3. The van der Waals surface area contributed by atoms with E-state index in [-0.39, 0.29) is 12.1 Å². The molecule has 0 aromatic heterocycles. The van der Waals surface area contributed by atoms with Gasteiger partial charge in [0.05, 0.1) is 5.56 Å². The SMILES string of the molecule is O=C(OC1CCC(N2CCCCC2)CC1)c1ccccc1. The smallest absolute Gasteiger partial charge is 0.338 e. The fraction of sp³-hybridized carbons (Fsp3) is 0.611. The van der Waals surface area contributed by atoms with Gasteiger partial charge >= 0.3 is 5.97 Å². The average molecular weight is 287 g/mol. The van der Waals surface area contributed by atoms with Crippen molar-refractivity contribution in [3.8, 4) is 0 Å². The lowest BCUT2D eigenvalue weighted by atomic mass is 9.90. The fourth-order valence-electron chi connectivity index (χ4n) is 3.61. The predicted octanol–water partition coefficient (Wildman–Crippen LogP) is 3.64. The molecule has 3 nitrogen and oxygen atoms in total. The molecular weight excluding hydrogens is 262 g/mol. The van der Waals surface area contributed by atoms with E-state index in [4.69, 9.17) is 4.74 Å². The topological polar surface area (TPSA) is 29.5 Å². The van der Waals surface area contributed by atoms with Crippen LogP contribution in [0.2, 0.25) is 0 Å². The molecule has 0 bridgehead atoms. The summed E-state index contributed by atoms with van der Waals surface area (Å²) in [5.74, 6) is -0.169. The molecule has 2 fully saturated rings. The van der Waals surface area contributed by atoms with Crippen LogP contribution in [0.5, 0.6) is 0 Å². The van der Waals surface area contributed by atoms with E-state index in [0.29, 0.717) is 5.56 Å². The van der Waals surface area contributed by atoms with Gasteiger partial charge in [0, 0.05) is 6.04 Å². The number of hydrogen-bond donors (Lipinski definition) is 0. The van der Waals surface area contributed by atoms with E-state index in [1.165, 1.54) is 45.2 Å². The van der Waals surface area contributed by atoms with Gasteiger partial charge in [0.25, 0.3) is 0 Å². The number of ether oxygens (including phenoxy) is 1. The summed E-state index contributed by atoms with van der Waals surface area (Å²) in [5.41, 5.74) is 0.663. The summed E-state index contributed by atoms with van der Waals surface area (Å²) in [5, 5.41) is 0. The van der Waals surface area contributed by atoms with Crippen molar-refractivity contribution < 1.29 is 9.53 Å². The Morgan fingerprint density at radius 1 is 0.952 bits per heavy atom. The Labute approximate surface area is 127 Å². The van der Waals surface area contributed by atoms with E-state index in [1.807, 2.05) is 30.3 Å². The van der Waals surface area contributed by atoms with Gasteiger partial charge in [0.15, 0.2) is 0 Å². The zero-order chi connectivity index (χ0) is 14.5. The number of likely N-dealkylation sites (tertiary alicyclic amines) is 1. The maximum atomic E-state index is 12.1. The van der Waals surface area contributed by atoms with Gasteiger partial charge in [0.2, 0.25) is 0 Å². The number of carbonyl (C=O) groups is 1. The number of carbonyl (C=O) groups excluding carboxylic acids is 1. The van der Waals surface area contributed by atoms with Crippen LogP contribution in [0.1, 0.15) is 55.3 Å². The second-order valence-corrected chi connectivity index (χ2v) is 6.30. The van der Waals surface area contributed by atoms with Gasteiger partial charge in [-0.15, -0.1) is 0 Å². The lowest BCUT2D eigenvalue weighted by molar-refractivity contribution is 0.00935. The van der Waals surface area contributed by atoms with Crippen LogP contribution >= 0.6 is 0 Å². The van der Waals surface area contributed by atoms with Gasteiger partial charge < -0.3 is 9.64 Å². The number of rotatable bonds is 3. The Balaban J connectivity index is 1.46. The van der Waals surface area contributed by atoms with E-state index in [9.17, 15) is 4.79 Å². The minimum atomic E-state index is -0.169. The largest absolute Gasteiger partial charge is 0.459 e. The van der Waals surface area contributed by atoms with Crippen LogP contribution < -0.4 is 0 Å². The summed E-state index contributed by atoms with van der Waals surface area (Å²) in [6, 6.07) is 10.0. The van der Waals surface area contributed by atoms with Crippen molar-refractivity contribution in [1.29, 1.82) is 0 Å². The second-order valence-electron chi connectivity index (χ2n) is 6.30. The van der Waals surface area contributed by atoms with Gasteiger partial charge in [0.1, 0.15) is 6.10 Å². The number of nitrogens with zero attached hydrogens (tertiary/aromatic N) is 1. The van der Waals surface area contributed by atoms with Gasteiger partial charge in [-0.1, -0.05) is 24.6 Å². The molecule has 3 heteroatoms. The summed E-state index contributed by atoms with van der Waals surface area (Å²) in [6.45, 7) is 2.53. The van der Waals surface area contributed by atoms with Gasteiger partial charge in [-0.3, -0.25) is 0 Å². The van der Waals surface area contributed by atoms with Crippen molar-refractivity contribution in [3.63, 3.8) is 0 Å². The molecule has 0 N–H and O–H groups in total. The van der Waals surface area contributed by atoms with Crippen LogP contribution in [-0.4, -0.2) is 36.1 Å². The Morgan fingerprint density at radius 3 is 2.29 bits per heavy atom. The summed E-state index contributed by atoms with van der Waals surface area (Å²) < 4.78 is 5.66. The molecule has 21 heavy (non-hydrogen) atoms. The lowest BCUT2D eigenvalue weighted by Gasteiger charge is -2.38. The Bertz CT molecular complexity index is 446. The van der Waals surface area contributed by atoms with Crippen LogP contribution in [-0.2, 0) is 4.74 Å². The molecule has 2 aliphatic rings. The standard InChI is InChI=1S/C18H25NO2/c20-18(15-7-3-1-4-8-15)21-17-11-9-16(10-12-17)19-13-5-2-6-14-19/h1,3-4,7-8,16-17H,2,5-6,9-14H2. The third kappa shape index (κ3) is 3.85.